The van der Waals surface area contributed by atoms with E-state index in [1.54, 1.807) is 17.0 Å². The summed E-state index contributed by atoms with van der Waals surface area (Å²) in [6.07, 6.45) is 3.14. The van der Waals surface area contributed by atoms with Crippen LogP contribution in [-0.2, 0) is 15.9 Å². The Kier molecular flexibility index (Phi) is 6.16. The number of morpholine rings is 1. The zero-order valence-corrected chi connectivity index (χ0v) is 20.2. The lowest BCUT2D eigenvalue weighted by atomic mass is 10.00. The molecule has 5 rings (SSSR count). The van der Waals surface area contributed by atoms with Crippen molar-refractivity contribution >= 4 is 11.7 Å². The number of carbonyl (C=O) groups is 1. The Bertz CT molecular complexity index is 1480. The fraction of sp³-hybridized carbons (Fsp3) is 0.308. The summed E-state index contributed by atoms with van der Waals surface area (Å²) >= 11 is 0. The summed E-state index contributed by atoms with van der Waals surface area (Å²) < 4.78 is 29.9. The quantitative estimate of drug-likeness (QED) is 0.433. The fourth-order valence-corrected chi connectivity index (χ4v) is 4.69. The van der Waals surface area contributed by atoms with E-state index < -0.39 is 11.9 Å². The third-order valence-corrected chi connectivity index (χ3v) is 6.38. The van der Waals surface area contributed by atoms with Crippen LogP contribution in [0.1, 0.15) is 22.5 Å². The monoisotopic (exact) mass is 488 g/mol. The van der Waals surface area contributed by atoms with Crippen LogP contribution in [-0.4, -0.2) is 63.1 Å². The number of amides is 1. The zero-order chi connectivity index (χ0) is 25.4. The smallest absolute Gasteiger partial charge is 0.409 e. The van der Waals surface area contributed by atoms with E-state index >= 15 is 4.39 Å². The lowest BCUT2D eigenvalue weighted by molar-refractivity contribution is -0.0241. The summed E-state index contributed by atoms with van der Waals surface area (Å²) in [7, 11) is 1.36. The molecule has 1 atom stereocenters. The second-order valence-corrected chi connectivity index (χ2v) is 8.81. The van der Waals surface area contributed by atoms with Crippen molar-refractivity contribution in [1.29, 1.82) is 5.26 Å². The molecule has 1 saturated heterocycles. The van der Waals surface area contributed by atoms with Crippen LogP contribution in [0.3, 0.4) is 0 Å². The number of fused-ring (bicyclic) bond motifs is 1. The van der Waals surface area contributed by atoms with Crippen molar-refractivity contribution in [2.24, 2.45) is 0 Å². The predicted octanol–water partition coefficient (Wildman–Crippen LogP) is 3.82. The van der Waals surface area contributed by atoms with E-state index in [4.69, 9.17) is 14.5 Å². The second kappa shape index (κ2) is 9.43. The number of aromatic nitrogens is 4. The molecular weight excluding hydrogens is 463 g/mol. The normalized spacial score (nSPS) is 15.8. The number of halogens is 1. The van der Waals surface area contributed by atoms with Crippen molar-refractivity contribution in [3.8, 4) is 23.0 Å². The number of nitrogens with zero attached hydrogens (tertiary/aromatic N) is 6. The summed E-state index contributed by atoms with van der Waals surface area (Å²) in [6.45, 7) is 4.99. The van der Waals surface area contributed by atoms with Crippen molar-refractivity contribution < 1.29 is 18.7 Å². The SMILES string of the molecule is COC(=O)N1CCO[C@@H](Cc2c(-c3c(C)cc(-n4nccc4C#N)cc3F)nc3cc(C)ccn23)C1. The highest BCUT2D eigenvalue weighted by Crippen LogP contribution is 2.33. The molecule has 4 heterocycles. The molecule has 0 bridgehead atoms. The topological polar surface area (TPSA) is 97.7 Å². The Morgan fingerprint density at radius 3 is 2.89 bits per heavy atom. The number of ether oxygens (including phenoxy) is 2. The molecule has 0 radical (unpaired) electrons. The molecule has 10 heteroatoms. The van der Waals surface area contributed by atoms with Crippen molar-refractivity contribution in [3.05, 3.63) is 71.1 Å². The summed E-state index contributed by atoms with van der Waals surface area (Å²) in [5.41, 5.74) is 4.84. The minimum absolute atomic E-state index is 0.303. The van der Waals surface area contributed by atoms with Crippen molar-refractivity contribution in [3.63, 3.8) is 0 Å². The van der Waals surface area contributed by atoms with Crippen molar-refractivity contribution in [1.82, 2.24) is 24.1 Å². The second-order valence-electron chi connectivity index (χ2n) is 8.81. The number of hydrogen-bond donors (Lipinski definition) is 0. The van der Waals surface area contributed by atoms with Crippen LogP contribution in [0.2, 0.25) is 0 Å². The van der Waals surface area contributed by atoms with Gasteiger partial charge in [0.05, 0.1) is 49.6 Å². The number of carbonyl (C=O) groups excluding carboxylic acids is 1. The molecule has 1 amide bonds. The number of benzene rings is 1. The highest BCUT2D eigenvalue weighted by molar-refractivity contribution is 5.72. The minimum atomic E-state index is -0.466. The molecule has 3 aromatic heterocycles. The summed E-state index contributed by atoms with van der Waals surface area (Å²) in [4.78, 5) is 18.5. The number of rotatable bonds is 4. The van der Waals surface area contributed by atoms with Gasteiger partial charge in [0.25, 0.3) is 0 Å². The van der Waals surface area contributed by atoms with E-state index in [2.05, 4.69) is 11.2 Å². The first-order chi connectivity index (χ1) is 17.4. The van der Waals surface area contributed by atoms with Gasteiger partial charge in [-0.25, -0.2) is 18.9 Å². The molecule has 0 N–H and O–H groups in total. The number of pyridine rings is 1. The van der Waals surface area contributed by atoms with Gasteiger partial charge in [0.1, 0.15) is 23.2 Å². The first-order valence-electron chi connectivity index (χ1n) is 11.6. The predicted molar refractivity (Wildman–Crippen MR) is 129 cm³/mol. The first-order valence-corrected chi connectivity index (χ1v) is 11.6. The number of methoxy groups -OCH3 is 1. The van der Waals surface area contributed by atoms with E-state index in [1.807, 2.05) is 36.6 Å². The highest BCUT2D eigenvalue weighted by Gasteiger charge is 2.28. The Morgan fingerprint density at radius 1 is 1.31 bits per heavy atom. The average Bonchev–Trinajstić information content (AvgIpc) is 3.48. The third kappa shape index (κ3) is 4.18. The maximum absolute atomic E-state index is 15.7. The Hall–Kier alpha value is -4.23. The van der Waals surface area contributed by atoms with E-state index in [9.17, 15) is 10.1 Å². The van der Waals surface area contributed by atoms with Crippen LogP contribution in [0.4, 0.5) is 9.18 Å². The lowest BCUT2D eigenvalue weighted by Crippen LogP contribution is -2.46. The maximum Gasteiger partial charge on any atom is 0.409 e. The van der Waals surface area contributed by atoms with Crippen LogP contribution in [0.5, 0.6) is 0 Å². The standard InChI is InChI=1S/C26H25FN6O3/c1-16-5-7-32-22(13-20-15-31(8-9-36-20)26(34)35-3)25(30-23(32)10-16)24-17(2)11-19(12-21(24)27)33-18(14-28)4-6-29-33/h4-7,10-12,20H,8-9,13,15H2,1-3H3/t20-/m0/s1. The van der Waals surface area contributed by atoms with Gasteiger partial charge in [-0.2, -0.15) is 10.4 Å². The number of nitriles is 1. The fourth-order valence-electron chi connectivity index (χ4n) is 4.69. The molecule has 4 aromatic rings. The number of imidazole rings is 1. The van der Waals surface area contributed by atoms with E-state index in [-0.39, 0.29) is 6.10 Å². The van der Waals surface area contributed by atoms with Crippen LogP contribution < -0.4 is 0 Å². The molecule has 1 fully saturated rings. The summed E-state index contributed by atoms with van der Waals surface area (Å²) in [6, 6.07) is 10.7. The minimum Gasteiger partial charge on any atom is -0.453 e. The van der Waals surface area contributed by atoms with Crippen LogP contribution >= 0.6 is 0 Å². The Labute approximate surface area is 207 Å². The van der Waals surface area contributed by atoms with E-state index in [0.717, 1.165) is 11.3 Å². The van der Waals surface area contributed by atoms with E-state index in [1.165, 1.54) is 24.1 Å². The Balaban J connectivity index is 1.59. The Morgan fingerprint density at radius 2 is 2.14 bits per heavy atom. The van der Waals surface area contributed by atoms with Gasteiger partial charge in [0.15, 0.2) is 0 Å². The average molecular weight is 489 g/mol. The van der Waals surface area contributed by atoms with Crippen molar-refractivity contribution in [2.75, 3.05) is 26.8 Å². The molecule has 184 valence electrons. The molecule has 36 heavy (non-hydrogen) atoms. The summed E-state index contributed by atoms with van der Waals surface area (Å²) in [5, 5.41) is 13.5. The molecule has 0 unspecified atom stereocenters. The van der Waals surface area contributed by atoms with E-state index in [0.29, 0.717) is 60.0 Å². The van der Waals surface area contributed by atoms with Crippen LogP contribution in [0, 0.1) is 31.0 Å². The van der Waals surface area contributed by atoms with Gasteiger partial charge in [0.2, 0.25) is 0 Å². The molecule has 1 aromatic carbocycles. The van der Waals surface area contributed by atoms with Crippen molar-refractivity contribution in [2.45, 2.75) is 26.4 Å². The molecule has 9 nitrogen and oxygen atoms in total. The molecular formula is C26H25FN6O3. The molecule has 0 spiro atoms. The van der Waals surface area contributed by atoms with Gasteiger partial charge in [-0.15, -0.1) is 0 Å². The third-order valence-electron chi connectivity index (χ3n) is 6.38. The van der Waals surface area contributed by atoms with Gasteiger partial charge in [-0.3, -0.25) is 0 Å². The van der Waals surface area contributed by atoms with Gasteiger partial charge < -0.3 is 18.8 Å². The van der Waals surface area contributed by atoms with Crippen LogP contribution in [0.25, 0.3) is 22.6 Å². The highest BCUT2D eigenvalue weighted by atomic mass is 19.1. The molecule has 0 aliphatic carbocycles. The van der Waals surface area contributed by atoms with Gasteiger partial charge >= 0.3 is 6.09 Å². The van der Waals surface area contributed by atoms with Gasteiger partial charge in [0, 0.05) is 30.8 Å². The molecule has 0 saturated carbocycles. The summed E-state index contributed by atoms with van der Waals surface area (Å²) in [5.74, 6) is -0.466. The molecule has 1 aliphatic heterocycles. The maximum atomic E-state index is 15.7. The number of hydrogen-bond acceptors (Lipinski definition) is 6. The first kappa shape index (κ1) is 23.5. The van der Waals surface area contributed by atoms with Gasteiger partial charge in [-0.1, -0.05) is 0 Å². The largest absolute Gasteiger partial charge is 0.453 e. The number of aryl methyl sites for hydroxylation is 2. The van der Waals surface area contributed by atoms with Gasteiger partial charge in [-0.05, 0) is 49.2 Å². The van der Waals surface area contributed by atoms with Crippen LogP contribution in [0.15, 0.2) is 42.7 Å². The molecule has 1 aliphatic rings. The lowest BCUT2D eigenvalue weighted by Gasteiger charge is -2.32. The zero-order valence-electron chi connectivity index (χ0n) is 20.2.